The Labute approximate surface area is 222 Å². The lowest BCUT2D eigenvalue weighted by molar-refractivity contribution is -0.135. The number of halogens is 1. The number of hydrogen-bond donors (Lipinski definition) is 0. The van der Waals surface area contributed by atoms with Gasteiger partial charge in [0.05, 0.1) is 10.3 Å². The number of thiophene rings is 1. The van der Waals surface area contributed by atoms with Crippen molar-refractivity contribution in [2.45, 2.75) is 24.0 Å². The SMILES string of the molecule is Cc1ccc(N2CCN(C(=O)[C@@H]3CN(S(=O)(=O)c4ccc(Cl)s4)C[C@H]3c3ccccc3)CC2)c(C)c1. The molecule has 2 saturated heterocycles. The fraction of sp³-hybridized carbons (Fsp3) is 0.370. The first kappa shape index (κ1) is 25.3. The Bertz CT molecular complexity index is 1350. The van der Waals surface area contributed by atoms with Crippen LogP contribution in [-0.2, 0) is 14.8 Å². The van der Waals surface area contributed by atoms with Crippen LogP contribution in [-0.4, -0.2) is 62.8 Å². The third kappa shape index (κ3) is 4.92. The van der Waals surface area contributed by atoms with Crippen molar-refractivity contribution >= 4 is 44.6 Å². The topological polar surface area (TPSA) is 60.9 Å². The Balaban J connectivity index is 1.35. The highest BCUT2D eigenvalue weighted by Gasteiger charge is 2.45. The number of amides is 1. The minimum Gasteiger partial charge on any atom is -0.368 e. The van der Waals surface area contributed by atoms with Crippen molar-refractivity contribution in [3.05, 3.63) is 81.7 Å². The van der Waals surface area contributed by atoms with Gasteiger partial charge in [0.25, 0.3) is 10.0 Å². The summed E-state index contributed by atoms with van der Waals surface area (Å²) in [5, 5.41) is 0. The van der Waals surface area contributed by atoms with Crippen molar-refractivity contribution in [1.29, 1.82) is 0 Å². The highest BCUT2D eigenvalue weighted by Crippen LogP contribution is 2.38. The summed E-state index contributed by atoms with van der Waals surface area (Å²) in [4.78, 5) is 18.1. The van der Waals surface area contributed by atoms with Gasteiger partial charge in [0.1, 0.15) is 4.21 Å². The molecular weight excluding hydrogens is 514 g/mol. The third-order valence-corrected chi connectivity index (χ3v) is 10.8. The molecule has 0 bridgehead atoms. The Morgan fingerprint density at radius 3 is 2.31 bits per heavy atom. The van der Waals surface area contributed by atoms with Crippen LogP contribution >= 0.6 is 22.9 Å². The minimum atomic E-state index is -3.72. The molecule has 0 spiro atoms. The van der Waals surface area contributed by atoms with Gasteiger partial charge in [0, 0.05) is 50.9 Å². The summed E-state index contributed by atoms with van der Waals surface area (Å²) in [6.07, 6.45) is 0. The van der Waals surface area contributed by atoms with Gasteiger partial charge in [-0.05, 0) is 43.2 Å². The molecule has 6 nitrogen and oxygen atoms in total. The summed E-state index contributed by atoms with van der Waals surface area (Å²) in [5.41, 5.74) is 4.68. The van der Waals surface area contributed by atoms with Crippen LogP contribution in [0.2, 0.25) is 4.34 Å². The number of sulfonamides is 1. The molecule has 5 rings (SSSR count). The molecule has 2 aliphatic heterocycles. The zero-order valence-electron chi connectivity index (χ0n) is 20.4. The van der Waals surface area contributed by atoms with Crippen molar-refractivity contribution in [3.63, 3.8) is 0 Å². The molecule has 2 aromatic carbocycles. The minimum absolute atomic E-state index is 0.0334. The number of aryl methyl sites for hydroxylation is 2. The molecule has 3 aromatic rings. The van der Waals surface area contributed by atoms with E-state index in [1.54, 1.807) is 12.1 Å². The summed E-state index contributed by atoms with van der Waals surface area (Å²) in [6, 6.07) is 19.4. The predicted octanol–water partition coefficient (Wildman–Crippen LogP) is 4.77. The molecule has 2 atom stereocenters. The Hall–Kier alpha value is -2.39. The molecule has 1 aromatic heterocycles. The highest BCUT2D eigenvalue weighted by molar-refractivity contribution is 7.91. The fourth-order valence-corrected chi connectivity index (χ4v) is 8.51. The number of carbonyl (C=O) groups is 1. The van der Waals surface area contributed by atoms with E-state index in [0.29, 0.717) is 17.4 Å². The average molecular weight is 544 g/mol. The second-order valence-corrected chi connectivity index (χ2v) is 13.5. The monoisotopic (exact) mass is 543 g/mol. The Morgan fingerprint density at radius 2 is 1.67 bits per heavy atom. The van der Waals surface area contributed by atoms with E-state index in [4.69, 9.17) is 11.6 Å². The third-order valence-electron chi connectivity index (χ3n) is 7.26. The van der Waals surface area contributed by atoms with E-state index in [2.05, 4.69) is 36.9 Å². The lowest BCUT2D eigenvalue weighted by Gasteiger charge is -2.38. The maximum Gasteiger partial charge on any atom is 0.252 e. The Morgan fingerprint density at radius 1 is 0.944 bits per heavy atom. The lowest BCUT2D eigenvalue weighted by Crippen LogP contribution is -2.51. The standard InChI is InChI=1S/C27H30ClN3O3S2/c1-19-8-9-24(20(2)16-19)29-12-14-30(15-13-29)27(32)23-18-31(17-22(23)21-6-4-3-5-7-21)36(33,34)26-11-10-25(28)35-26/h3-11,16,22-23H,12-15,17-18H2,1-2H3/t22-,23+/m0/s1. The number of nitrogens with zero attached hydrogens (tertiary/aromatic N) is 3. The normalized spacial score (nSPS) is 21.2. The van der Waals surface area contributed by atoms with Gasteiger partial charge in [-0.15, -0.1) is 11.3 Å². The predicted molar refractivity (Wildman–Crippen MR) is 145 cm³/mol. The van der Waals surface area contributed by atoms with Crippen LogP contribution in [0.1, 0.15) is 22.6 Å². The first-order chi connectivity index (χ1) is 17.2. The second kappa shape index (κ2) is 10.2. The zero-order chi connectivity index (χ0) is 25.4. The van der Waals surface area contributed by atoms with E-state index >= 15 is 0 Å². The molecule has 9 heteroatoms. The van der Waals surface area contributed by atoms with Crippen LogP contribution < -0.4 is 4.90 Å². The molecule has 2 aliphatic rings. The van der Waals surface area contributed by atoms with Gasteiger partial charge in [-0.1, -0.05) is 59.6 Å². The lowest BCUT2D eigenvalue weighted by atomic mass is 9.88. The Kier molecular flexibility index (Phi) is 7.14. The number of carbonyl (C=O) groups excluding carboxylic acids is 1. The molecule has 1 amide bonds. The number of anilines is 1. The smallest absolute Gasteiger partial charge is 0.252 e. The van der Waals surface area contributed by atoms with Gasteiger partial charge < -0.3 is 9.80 Å². The maximum atomic E-state index is 13.8. The largest absolute Gasteiger partial charge is 0.368 e. The van der Waals surface area contributed by atoms with Gasteiger partial charge in [0.15, 0.2) is 0 Å². The van der Waals surface area contributed by atoms with Gasteiger partial charge in [-0.25, -0.2) is 8.42 Å². The number of rotatable bonds is 5. The van der Waals surface area contributed by atoms with E-state index in [-0.39, 0.29) is 29.1 Å². The number of piperazine rings is 1. The molecule has 0 unspecified atom stereocenters. The molecule has 36 heavy (non-hydrogen) atoms. The summed E-state index contributed by atoms with van der Waals surface area (Å²) in [5.74, 6) is -0.586. The van der Waals surface area contributed by atoms with E-state index in [0.717, 1.165) is 30.0 Å². The molecule has 3 heterocycles. The average Bonchev–Trinajstić information content (AvgIpc) is 3.52. The summed E-state index contributed by atoms with van der Waals surface area (Å²) >= 11 is 7.07. The maximum absolute atomic E-state index is 13.8. The van der Waals surface area contributed by atoms with Crippen LogP contribution in [0.25, 0.3) is 0 Å². The van der Waals surface area contributed by atoms with Crippen molar-refractivity contribution < 1.29 is 13.2 Å². The quantitative estimate of drug-likeness (QED) is 0.465. The molecule has 0 N–H and O–H groups in total. The van der Waals surface area contributed by atoms with E-state index in [9.17, 15) is 13.2 Å². The van der Waals surface area contributed by atoms with E-state index in [1.165, 1.54) is 21.1 Å². The molecular formula is C27H30ClN3O3S2. The van der Waals surface area contributed by atoms with Crippen molar-refractivity contribution in [2.75, 3.05) is 44.2 Å². The fourth-order valence-electron chi connectivity index (χ4n) is 5.38. The van der Waals surface area contributed by atoms with Crippen molar-refractivity contribution in [3.8, 4) is 0 Å². The molecule has 2 fully saturated rings. The summed E-state index contributed by atoms with van der Waals surface area (Å²) in [7, 11) is -3.72. The zero-order valence-corrected chi connectivity index (χ0v) is 22.8. The van der Waals surface area contributed by atoms with Gasteiger partial charge in [0.2, 0.25) is 5.91 Å². The first-order valence-electron chi connectivity index (χ1n) is 12.2. The second-order valence-electron chi connectivity index (χ2n) is 9.61. The van der Waals surface area contributed by atoms with E-state index < -0.39 is 15.9 Å². The molecule has 0 aliphatic carbocycles. The van der Waals surface area contributed by atoms with Gasteiger partial charge in [-0.3, -0.25) is 4.79 Å². The van der Waals surface area contributed by atoms with Crippen LogP contribution in [0.4, 0.5) is 5.69 Å². The molecule has 0 radical (unpaired) electrons. The molecule has 0 saturated carbocycles. The first-order valence-corrected chi connectivity index (χ1v) is 14.8. The van der Waals surface area contributed by atoms with E-state index in [1.807, 2.05) is 35.2 Å². The number of hydrogen-bond acceptors (Lipinski definition) is 5. The summed E-state index contributed by atoms with van der Waals surface area (Å²) < 4.78 is 28.9. The summed E-state index contributed by atoms with van der Waals surface area (Å²) in [6.45, 7) is 7.43. The highest BCUT2D eigenvalue weighted by atomic mass is 35.5. The number of benzene rings is 2. The van der Waals surface area contributed by atoms with Crippen molar-refractivity contribution in [1.82, 2.24) is 9.21 Å². The van der Waals surface area contributed by atoms with Crippen molar-refractivity contribution in [2.24, 2.45) is 5.92 Å². The van der Waals surface area contributed by atoms with Crippen LogP contribution in [0, 0.1) is 19.8 Å². The van der Waals surface area contributed by atoms with Crippen LogP contribution in [0.3, 0.4) is 0 Å². The molecule has 190 valence electrons. The van der Waals surface area contributed by atoms with Crippen LogP contribution in [0.5, 0.6) is 0 Å². The van der Waals surface area contributed by atoms with Crippen LogP contribution in [0.15, 0.2) is 64.9 Å². The van der Waals surface area contributed by atoms with Gasteiger partial charge in [-0.2, -0.15) is 4.31 Å². The van der Waals surface area contributed by atoms with Gasteiger partial charge >= 0.3 is 0 Å².